The summed E-state index contributed by atoms with van der Waals surface area (Å²) in [5, 5.41) is 8.16. The lowest BCUT2D eigenvalue weighted by Crippen LogP contribution is -2.37. The summed E-state index contributed by atoms with van der Waals surface area (Å²) in [7, 11) is 0. The van der Waals surface area contributed by atoms with Gasteiger partial charge in [0.1, 0.15) is 0 Å². The first-order valence-corrected chi connectivity index (χ1v) is 8.12. The predicted molar refractivity (Wildman–Crippen MR) is 82.3 cm³/mol. The Balaban J connectivity index is 2.04. The number of hydrogen-bond donors (Lipinski definition) is 1. The molecule has 1 N–H and O–H groups in total. The molecule has 1 atom stereocenters. The van der Waals surface area contributed by atoms with E-state index in [4.69, 9.17) is 0 Å². The van der Waals surface area contributed by atoms with Crippen LogP contribution >= 0.6 is 15.9 Å². The Labute approximate surface area is 124 Å². The van der Waals surface area contributed by atoms with E-state index in [1.807, 2.05) is 0 Å². The third-order valence-electron chi connectivity index (χ3n) is 3.91. The second-order valence-electron chi connectivity index (χ2n) is 5.28. The summed E-state index contributed by atoms with van der Waals surface area (Å²) in [6.07, 6.45) is 2.63. The molecule has 1 aromatic rings. The van der Waals surface area contributed by atoms with Crippen LogP contribution in [0, 0.1) is 6.92 Å². The number of likely N-dealkylation sites (N-methyl/N-ethyl adjacent to an activating group) is 1. The zero-order valence-electron chi connectivity index (χ0n) is 12.2. The van der Waals surface area contributed by atoms with Crippen molar-refractivity contribution in [3.8, 4) is 0 Å². The van der Waals surface area contributed by atoms with Crippen molar-refractivity contribution in [2.45, 2.75) is 52.7 Å². The van der Waals surface area contributed by atoms with Crippen molar-refractivity contribution < 1.29 is 0 Å². The van der Waals surface area contributed by atoms with Crippen LogP contribution in [-0.2, 0) is 13.1 Å². The van der Waals surface area contributed by atoms with E-state index < -0.39 is 0 Å². The van der Waals surface area contributed by atoms with E-state index in [2.05, 4.69) is 56.7 Å². The minimum Gasteiger partial charge on any atom is -0.313 e. The summed E-state index contributed by atoms with van der Waals surface area (Å²) >= 11 is 3.69. The third-order valence-corrected chi connectivity index (χ3v) is 4.95. The first-order valence-electron chi connectivity index (χ1n) is 7.33. The zero-order chi connectivity index (χ0) is 13.8. The van der Waals surface area contributed by atoms with Gasteiger partial charge in [0.25, 0.3) is 0 Å². The number of halogens is 1. The number of hydrogen-bond acceptors (Lipinski definition) is 3. The summed E-state index contributed by atoms with van der Waals surface area (Å²) < 4.78 is 3.29. The zero-order valence-corrected chi connectivity index (χ0v) is 13.8. The normalized spacial score (nSPS) is 19.5. The quantitative estimate of drug-likeness (QED) is 0.871. The summed E-state index contributed by atoms with van der Waals surface area (Å²) in [5.41, 5.74) is 2.40. The van der Waals surface area contributed by atoms with E-state index in [0.29, 0.717) is 6.04 Å². The highest BCUT2D eigenvalue weighted by Gasteiger charge is 2.20. The van der Waals surface area contributed by atoms with Gasteiger partial charge < -0.3 is 5.32 Å². The maximum atomic E-state index is 4.58. The molecule has 0 aliphatic carbocycles. The standard InChI is InChI=1S/C14H25BrN4/c1-4-18(9-12-7-6-8-16-12)10-13-14(15)11(3)17-19(13)5-2/h12,16H,4-10H2,1-3H3. The second-order valence-corrected chi connectivity index (χ2v) is 6.08. The van der Waals surface area contributed by atoms with Gasteiger partial charge in [0.2, 0.25) is 0 Å². The van der Waals surface area contributed by atoms with Crippen molar-refractivity contribution in [1.82, 2.24) is 20.0 Å². The lowest BCUT2D eigenvalue weighted by Gasteiger charge is -2.24. The Bertz CT molecular complexity index is 410. The molecule has 2 rings (SSSR count). The van der Waals surface area contributed by atoms with Crippen LogP contribution in [-0.4, -0.2) is 40.4 Å². The van der Waals surface area contributed by atoms with Crippen molar-refractivity contribution in [1.29, 1.82) is 0 Å². The van der Waals surface area contributed by atoms with Gasteiger partial charge in [0.05, 0.1) is 15.9 Å². The fourth-order valence-corrected chi connectivity index (χ4v) is 3.17. The highest BCUT2D eigenvalue weighted by atomic mass is 79.9. The molecule has 19 heavy (non-hydrogen) atoms. The van der Waals surface area contributed by atoms with Gasteiger partial charge in [-0.2, -0.15) is 5.10 Å². The number of nitrogens with one attached hydrogen (secondary N) is 1. The van der Waals surface area contributed by atoms with Crippen molar-refractivity contribution in [2.24, 2.45) is 0 Å². The molecular weight excluding hydrogens is 304 g/mol. The molecule has 1 fully saturated rings. The Morgan fingerprint density at radius 2 is 2.26 bits per heavy atom. The smallest absolute Gasteiger partial charge is 0.0739 e. The minimum absolute atomic E-state index is 0.665. The Hall–Kier alpha value is -0.390. The molecule has 0 saturated carbocycles. The van der Waals surface area contributed by atoms with Crippen molar-refractivity contribution in [3.05, 3.63) is 15.9 Å². The fraction of sp³-hybridized carbons (Fsp3) is 0.786. The Morgan fingerprint density at radius 1 is 1.47 bits per heavy atom. The van der Waals surface area contributed by atoms with Gasteiger partial charge in [-0.05, 0) is 55.7 Å². The molecule has 0 aromatic carbocycles. The van der Waals surface area contributed by atoms with Crippen molar-refractivity contribution in [3.63, 3.8) is 0 Å². The molecule has 0 radical (unpaired) electrons. The molecule has 0 bridgehead atoms. The first-order chi connectivity index (χ1) is 9.15. The molecule has 1 aromatic heterocycles. The van der Waals surface area contributed by atoms with E-state index >= 15 is 0 Å². The maximum absolute atomic E-state index is 4.58. The second kappa shape index (κ2) is 6.86. The summed E-state index contributed by atoms with van der Waals surface area (Å²) in [6.45, 7) is 11.8. The fourth-order valence-electron chi connectivity index (χ4n) is 2.76. The largest absolute Gasteiger partial charge is 0.313 e. The van der Waals surface area contributed by atoms with Crippen LogP contribution in [0.4, 0.5) is 0 Å². The van der Waals surface area contributed by atoms with Gasteiger partial charge in [-0.3, -0.25) is 9.58 Å². The van der Waals surface area contributed by atoms with E-state index in [-0.39, 0.29) is 0 Å². The average molecular weight is 329 g/mol. The van der Waals surface area contributed by atoms with Gasteiger partial charge in [0, 0.05) is 25.7 Å². The molecule has 0 amide bonds. The van der Waals surface area contributed by atoms with Crippen LogP contribution in [0.5, 0.6) is 0 Å². The van der Waals surface area contributed by atoms with E-state index in [1.54, 1.807) is 0 Å². The van der Waals surface area contributed by atoms with Crippen LogP contribution < -0.4 is 5.32 Å². The number of aryl methyl sites for hydroxylation is 2. The Morgan fingerprint density at radius 3 is 2.84 bits per heavy atom. The summed E-state index contributed by atoms with van der Waals surface area (Å²) in [4.78, 5) is 2.51. The monoisotopic (exact) mass is 328 g/mol. The maximum Gasteiger partial charge on any atom is 0.0739 e. The van der Waals surface area contributed by atoms with E-state index in [9.17, 15) is 0 Å². The van der Waals surface area contributed by atoms with Crippen LogP contribution in [0.1, 0.15) is 38.1 Å². The predicted octanol–water partition coefficient (Wildman–Crippen LogP) is 2.55. The van der Waals surface area contributed by atoms with Gasteiger partial charge >= 0.3 is 0 Å². The molecule has 0 spiro atoms. The number of nitrogens with zero attached hydrogens (tertiary/aromatic N) is 3. The third kappa shape index (κ3) is 3.58. The topological polar surface area (TPSA) is 33.1 Å². The van der Waals surface area contributed by atoms with Crippen LogP contribution in [0.2, 0.25) is 0 Å². The first kappa shape index (κ1) is 15.0. The molecule has 1 aliphatic heterocycles. The molecule has 4 nitrogen and oxygen atoms in total. The lowest BCUT2D eigenvalue weighted by molar-refractivity contribution is 0.246. The molecule has 1 unspecified atom stereocenters. The lowest BCUT2D eigenvalue weighted by atomic mass is 10.2. The van der Waals surface area contributed by atoms with Gasteiger partial charge in [-0.25, -0.2) is 0 Å². The van der Waals surface area contributed by atoms with Gasteiger partial charge in [0.15, 0.2) is 0 Å². The van der Waals surface area contributed by atoms with Gasteiger partial charge in [-0.15, -0.1) is 0 Å². The molecule has 5 heteroatoms. The molecule has 1 saturated heterocycles. The molecular formula is C14H25BrN4. The SMILES string of the molecule is CCN(Cc1c(Br)c(C)nn1CC)CC1CCCN1. The van der Waals surface area contributed by atoms with Crippen molar-refractivity contribution in [2.75, 3.05) is 19.6 Å². The van der Waals surface area contributed by atoms with Crippen LogP contribution in [0.3, 0.4) is 0 Å². The molecule has 108 valence electrons. The highest BCUT2D eigenvalue weighted by molar-refractivity contribution is 9.10. The Kier molecular flexibility index (Phi) is 5.42. The van der Waals surface area contributed by atoms with Crippen molar-refractivity contribution >= 4 is 15.9 Å². The highest BCUT2D eigenvalue weighted by Crippen LogP contribution is 2.23. The minimum atomic E-state index is 0.665. The average Bonchev–Trinajstić information content (AvgIpc) is 3.01. The van der Waals surface area contributed by atoms with E-state index in [1.165, 1.54) is 29.6 Å². The van der Waals surface area contributed by atoms with Crippen LogP contribution in [0.25, 0.3) is 0 Å². The van der Waals surface area contributed by atoms with E-state index in [0.717, 1.165) is 31.9 Å². The molecule has 2 heterocycles. The number of rotatable bonds is 6. The van der Waals surface area contributed by atoms with Gasteiger partial charge in [-0.1, -0.05) is 6.92 Å². The summed E-state index contributed by atoms with van der Waals surface area (Å²) in [6, 6.07) is 0.665. The van der Waals surface area contributed by atoms with Crippen LogP contribution in [0.15, 0.2) is 4.47 Å². The summed E-state index contributed by atoms with van der Waals surface area (Å²) in [5.74, 6) is 0. The molecule has 1 aliphatic rings. The number of aromatic nitrogens is 2.